The van der Waals surface area contributed by atoms with Crippen molar-refractivity contribution in [1.29, 1.82) is 0 Å². The van der Waals surface area contributed by atoms with Gasteiger partial charge in [0.1, 0.15) is 0 Å². The molecule has 2 amide bonds. The molecule has 0 heterocycles. The molecule has 0 bridgehead atoms. The monoisotopic (exact) mass is 357 g/mol. The van der Waals surface area contributed by atoms with Gasteiger partial charge in [0.25, 0.3) is 0 Å². The normalized spacial score (nSPS) is 11.1. The zero-order valence-electron chi connectivity index (χ0n) is 14.2. The standard InChI is InChI=1S/C19H20ClN3O2/c1-13-12-16(20)10-11-17(13)21-18(24)19(25)23-22-14(2)8-9-15-6-4-3-5-7-15/h3-7,10-12H,8-9H2,1-2H3,(H,21,24)(H,23,25)/b22-14+. The van der Waals surface area contributed by atoms with Crippen LogP contribution in [0.5, 0.6) is 0 Å². The molecule has 0 saturated carbocycles. The molecule has 5 nitrogen and oxygen atoms in total. The van der Waals surface area contributed by atoms with Crippen LogP contribution in [0.4, 0.5) is 5.69 Å². The van der Waals surface area contributed by atoms with Gasteiger partial charge in [-0.3, -0.25) is 9.59 Å². The fourth-order valence-corrected chi connectivity index (χ4v) is 2.40. The fraction of sp³-hybridized carbons (Fsp3) is 0.211. The van der Waals surface area contributed by atoms with E-state index in [2.05, 4.69) is 15.8 Å². The smallest absolute Gasteiger partial charge is 0.317 e. The average Bonchev–Trinajstić information content (AvgIpc) is 2.61. The lowest BCUT2D eigenvalue weighted by atomic mass is 10.1. The van der Waals surface area contributed by atoms with Gasteiger partial charge in [0, 0.05) is 16.4 Å². The number of carbonyl (C=O) groups excluding carboxylic acids is 2. The summed E-state index contributed by atoms with van der Waals surface area (Å²) >= 11 is 5.86. The number of hydrogen-bond acceptors (Lipinski definition) is 3. The maximum atomic E-state index is 11.9. The Morgan fingerprint density at radius 1 is 1.08 bits per heavy atom. The largest absolute Gasteiger partial charge is 0.329 e. The lowest BCUT2D eigenvalue weighted by molar-refractivity contribution is -0.136. The van der Waals surface area contributed by atoms with Crippen molar-refractivity contribution in [1.82, 2.24) is 5.43 Å². The Balaban J connectivity index is 1.84. The van der Waals surface area contributed by atoms with Crippen molar-refractivity contribution in [3.63, 3.8) is 0 Å². The molecule has 2 aromatic rings. The van der Waals surface area contributed by atoms with E-state index in [4.69, 9.17) is 11.6 Å². The Morgan fingerprint density at radius 3 is 2.48 bits per heavy atom. The number of benzene rings is 2. The summed E-state index contributed by atoms with van der Waals surface area (Å²) in [7, 11) is 0. The molecule has 130 valence electrons. The van der Waals surface area contributed by atoms with Crippen molar-refractivity contribution >= 4 is 34.8 Å². The van der Waals surface area contributed by atoms with Crippen LogP contribution in [0.3, 0.4) is 0 Å². The Hall–Kier alpha value is -2.66. The molecule has 6 heteroatoms. The van der Waals surface area contributed by atoms with Crippen LogP contribution in [0.25, 0.3) is 0 Å². The van der Waals surface area contributed by atoms with Gasteiger partial charge < -0.3 is 5.32 Å². The molecular weight excluding hydrogens is 338 g/mol. The second-order valence-electron chi connectivity index (χ2n) is 5.69. The molecule has 0 fully saturated rings. The van der Waals surface area contributed by atoms with Gasteiger partial charge in [-0.05, 0) is 56.0 Å². The number of nitrogens with one attached hydrogen (secondary N) is 2. The lowest BCUT2D eigenvalue weighted by Gasteiger charge is -2.08. The van der Waals surface area contributed by atoms with Crippen LogP contribution in [-0.2, 0) is 16.0 Å². The highest BCUT2D eigenvalue weighted by Crippen LogP contribution is 2.19. The first-order chi connectivity index (χ1) is 12.0. The van der Waals surface area contributed by atoms with E-state index in [0.717, 1.165) is 17.7 Å². The number of amides is 2. The molecule has 2 aromatic carbocycles. The first-order valence-electron chi connectivity index (χ1n) is 7.90. The number of aryl methyl sites for hydroxylation is 2. The summed E-state index contributed by atoms with van der Waals surface area (Å²) in [6.07, 6.45) is 1.52. The zero-order chi connectivity index (χ0) is 18.2. The van der Waals surface area contributed by atoms with E-state index in [1.54, 1.807) is 25.1 Å². The number of halogens is 1. The number of rotatable bonds is 5. The van der Waals surface area contributed by atoms with Gasteiger partial charge in [-0.2, -0.15) is 5.10 Å². The van der Waals surface area contributed by atoms with Crippen LogP contribution >= 0.6 is 11.6 Å². The third-order valence-electron chi connectivity index (χ3n) is 3.61. The van der Waals surface area contributed by atoms with Crippen LogP contribution in [0.15, 0.2) is 53.6 Å². The third-order valence-corrected chi connectivity index (χ3v) is 3.84. The molecule has 0 aliphatic rings. The van der Waals surface area contributed by atoms with Crippen molar-refractivity contribution in [2.24, 2.45) is 5.10 Å². The predicted molar refractivity (Wildman–Crippen MR) is 101 cm³/mol. The SMILES string of the molecule is C/C(CCc1ccccc1)=N\NC(=O)C(=O)Nc1ccc(Cl)cc1C. The molecule has 2 rings (SSSR count). The molecule has 0 spiro atoms. The van der Waals surface area contributed by atoms with E-state index < -0.39 is 11.8 Å². The van der Waals surface area contributed by atoms with Gasteiger partial charge in [0.2, 0.25) is 0 Å². The van der Waals surface area contributed by atoms with E-state index in [1.165, 1.54) is 5.56 Å². The zero-order valence-corrected chi connectivity index (χ0v) is 14.9. The molecule has 2 N–H and O–H groups in total. The minimum atomic E-state index is -0.812. The van der Waals surface area contributed by atoms with Gasteiger partial charge >= 0.3 is 11.8 Å². The van der Waals surface area contributed by atoms with E-state index in [1.807, 2.05) is 37.3 Å². The topological polar surface area (TPSA) is 70.6 Å². The third kappa shape index (κ3) is 6.04. The van der Waals surface area contributed by atoms with Crippen molar-refractivity contribution < 1.29 is 9.59 Å². The molecule has 0 aliphatic heterocycles. The molecule has 0 aromatic heterocycles. The highest BCUT2D eigenvalue weighted by atomic mass is 35.5. The second-order valence-corrected chi connectivity index (χ2v) is 6.12. The maximum Gasteiger partial charge on any atom is 0.329 e. The quantitative estimate of drug-likeness (QED) is 0.486. The van der Waals surface area contributed by atoms with Gasteiger partial charge in [0.05, 0.1) is 0 Å². The van der Waals surface area contributed by atoms with Crippen molar-refractivity contribution in [2.75, 3.05) is 5.32 Å². The number of hydrogen-bond donors (Lipinski definition) is 2. The van der Waals surface area contributed by atoms with Crippen molar-refractivity contribution in [2.45, 2.75) is 26.7 Å². The average molecular weight is 358 g/mol. The summed E-state index contributed by atoms with van der Waals surface area (Å²) in [6, 6.07) is 15.0. The Kier molecular flexibility index (Phi) is 6.71. The highest BCUT2D eigenvalue weighted by molar-refractivity contribution is 6.39. The van der Waals surface area contributed by atoms with Crippen LogP contribution in [-0.4, -0.2) is 17.5 Å². The molecule has 0 radical (unpaired) electrons. The minimum absolute atomic E-state index is 0.536. The number of carbonyl (C=O) groups is 2. The molecular formula is C19H20ClN3O2. The van der Waals surface area contributed by atoms with E-state index in [-0.39, 0.29) is 0 Å². The molecule has 0 atom stereocenters. The number of anilines is 1. The van der Waals surface area contributed by atoms with Crippen LogP contribution < -0.4 is 10.7 Å². The summed E-state index contributed by atoms with van der Waals surface area (Å²) < 4.78 is 0. The van der Waals surface area contributed by atoms with Crippen LogP contribution in [0.1, 0.15) is 24.5 Å². The fourth-order valence-electron chi connectivity index (χ4n) is 2.17. The number of hydrazone groups is 1. The predicted octanol–water partition coefficient (Wildman–Crippen LogP) is 3.71. The van der Waals surface area contributed by atoms with Crippen molar-refractivity contribution in [3.05, 3.63) is 64.7 Å². The summed E-state index contributed by atoms with van der Waals surface area (Å²) in [5.74, 6) is -1.58. The second kappa shape index (κ2) is 8.99. The van der Waals surface area contributed by atoms with E-state index in [0.29, 0.717) is 17.1 Å². The van der Waals surface area contributed by atoms with Crippen LogP contribution in [0, 0.1) is 6.92 Å². The summed E-state index contributed by atoms with van der Waals surface area (Å²) in [5, 5.41) is 7.08. The van der Waals surface area contributed by atoms with Gasteiger partial charge in [-0.25, -0.2) is 5.43 Å². The lowest BCUT2D eigenvalue weighted by Crippen LogP contribution is -2.33. The van der Waals surface area contributed by atoms with Gasteiger partial charge in [-0.15, -0.1) is 0 Å². The molecule has 0 unspecified atom stereocenters. The first-order valence-corrected chi connectivity index (χ1v) is 8.28. The highest BCUT2D eigenvalue weighted by Gasteiger charge is 2.14. The maximum absolute atomic E-state index is 11.9. The first kappa shape index (κ1) is 18.7. The summed E-state index contributed by atoms with van der Waals surface area (Å²) in [4.78, 5) is 23.8. The van der Waals surface area contributed by atoms with Crippen LogP contribution in [0.2, 0.25) is 5.02 Å². The Labute approximate surface area is 152 Å². The molecule has 0 aliphatic carbocycles. The summed E-state index contributed by atoms with van der Waals surface area (Å²) in [5.41, 5.74) is 5.53. The molecule has 25 heavy (non-hydrogen) atoms. The van der Waals surface area contributed by atoms with E-state index in [9.17, 15) is 9.59 Å². The van der Waals surface area contributed by atoms with E-state index >= 15 is 0 Å². The van der Waals surface area contributed by atoms with Crippen molar-refractivity contribution in [3.8, 4) is 0 Å². The van der Waals surface area contributed by atoms with Gasteiger partial charge in [-0.1, -0.05) is 41.9 Å². The summed E-state index contributed by atoms with van der Waals surface area (Å²) in [6.45, 7) is 3.61. The minimum Gasteiger partial charge on any atom is -0.317 e. The molecule has 0 saturated heterocycles. The van der Waals surface area contributed by atoms with Gasteiger partial charge in [0.15, 0.2) is 0 Å². The Bertz CT molecular complexity index is 789. The number of nitrogens with zero attached hydrogens (tertiary/aromatic N) is 1. The Morgan fingerprint density at radius 2 is 1.80 bits per heavy atom.